The molecule has 1 heterocycles. The Morgan fingerprint density at radius 2 is 2.12 bits per heavy atom. The maximum Gasteiger partial charge on any atom is 0.191 e. The van der Waals surface area contributed by atoms with Crippen molar-refractivity contribution in [1.29, 1.82) is 0 Å². The molecule has 0 radical (unpaired) electrons. The van der Waals surface area contributed by atoms with E-state index >= 15 is 0 Å². The van der Waals surface area contributed by atoms with Crippen LogP contribution in [0.4, 0.5) is 0 Å². The van der Waals surface area contributed by atoms with E-state index in [1.54, 1.807) is 11.3 Å². The highest BCUT2D eigenvalue weighted by Crippen LogP contribution is 2.48. The summed E-state index contributed by atoms with van der Waals surface area (Å²) >= 11 is 7.93. The van der Waals surface area contributed by atoms with Crippen LogP contribution in [-0.4, -0.2) is 31.1 Å². The van der Waals surface area contributed by atoms with Crippen LogP contribution in [0.2, 0.25) is 5.02 Å². The summed E-state index contributed by atoms with van der Waals surface area (Å²) in [5, 5.41) is 8.83. The molecule has 0 aliphatic heterocycles. The number of halogens is 1. The molecule has 1 aliphatic carbocycles. The van der Waals surface area contributed by atoms with Gasteiger partial charge in [0, 0.05) is 41.9 Å². The Morgan fingerprint density at radius 1 is 1.32 bits per heavy atom. The zero-order valence-corrected chi connectivity index (χ0v) is 16.6. The van der Waals surface area contributed by atoms with Crippen molar-refractivity contribution in [3.05, 3.63) is 50.4 Å². The molecule has 1 saturated carbocycles. The number of aryl methyl sites for hydroxylation is 2. The molecule has 4 nitrogen and oxygen atoms in total. The zero-order valence-electron chi connectivity index (χ0n) is 15.0. The quantitative estimate of drug-likeness (QED) is 0.594. The third-order valence-corrected chi connectivity index (χ3v) is 6.12. The van der Waals surface area contributed by atoms with E-state index in [1.807, 2.05) is 19.2 Å². The average Bonchev–Trinajstić information content (AvgIpc) is 3.31. The summed E-state index contributed by atoms with van der Waals surface area (Å²) in [4.78, 5) is 10.2. The molecule has 0 spiro atoms. The van der Waals surface area contributed by atoms with Gasteiger partial charge in [-0.3, -0.25) is 4.99 Å². The molecule has 1 fully saturated rings. The number of hydrogen-bond acceptors (Lipinski definition) is 3. The lowest BCUT2D eigenvalue weighted by molar-refractivity contribution is 0.645. The number of nitrogens with one attached hydrogen (secondary N) is 2. The topological polar surface area (TPSA) is 49.3 Å². The van der Waals surface area contributed by atoms with E-state index in [9.17, 15) is 0 Å². The molecule has 3 rings (SSSR count). The lowest BCUT2D eigenvalue weighted by Gasteiger charge is -2.19. The van der Waals surface area contributed by atoms with E-state index < -0.39 is 0 Å². The standard InChI is InChI=1S/C19H25ClN4S/c1-13-17(25-14(2)24-13)7-10-22-18(21-3)23-12-19(8-9-19)15-5-4-6-16(20)11-15/h4-6,11H,7-10,12H2,1-3H3,(H2,21,22,23). The van der Waals surface area contributed by atoms with E-state index in [2.05, 4.69) is 46.6 Å². The number of guanidine groups is 1. The van der Waals surface area contributed by atoms with Crippen LogP contribution in [0.3, 0.4) is 0 Å². The Morgan fingerprint density at radius 3 is 2.72 bits per heavy atom. The fourth-order valence-corrected chi connectivity index (χ4v) is 4.24. The Balaban J connectivity index is 1.50. The van der Waals surface area contributed by atoms with Gasteiger partial charge in [0.25, 0.3) is 0 Å². The maximum absolute atomic E-state index is 6.15. The molecule has 1 aliphatic rings. The molecule has 25 heavy (non-hydrogen) atoms. The summed E-state index contributed by atoms with van der Waals surface area (Å²) in [7, 11) is 1.82. The minimum atomic E-state index is 0.202. The van der Waals surface area contributed by atoms with Gasteiger partial charge in [-0.15, -0.1) is 11.3 Å². The van der Waals surface area contributed by atoms with Crippen LogP contribution >= 0.6 is 22.9 Å². The van der Waals surface area contributed by atoms with Gasteiger partial charge in [0.05, 0.1) is 10.7 Å². The number of aromatic nitrogens is 1. The summed E-state index contributed by atoms with van der Waals surface area (Å²) in [5.41, 5.74) is 2.66. The summed E-state index contributed by atoms with van der Waals surface area (Å²) in [5.74, 6) is 0.854. The highest BCUT2D eigenvalue weighted by molar-refractivity contribution is 7.11. The van der Waals surface area contributed by atoms with Gasteiger partial charge in [-0.05, 0) is 44.4 Å². The van der Waals surface area contributed by atoms with Crippen molar-refractivity contribution in [2.75, 3.05) is 20.1 Å². The predicted molar refractivity (Wildman–Crippen MR) is 107 cm³/mol. The van der Waals surface area contributed by atoms with Gasteiger partial charge in [0.1, 0.15) is 0 Å². The minimum absolute atomic E-state index is 0.202. The van der Waals surface area contributed by atoms with E-state index in [0.717, 1.165) is 41.2 Å². The lowest BCUT2D eigenvalue weighted by Crippen LogP contribution is -2.41. The fraction of sp³-hybridized carbons (Fsp3) is 0.474. The molecular weight excluding hydrogens is 352 g/mol. The molecule has 1 aromatic heterocycles. The minimum Gasteiger partial charge on any atom is -0.356 e. The van der Waals surface area contributed by atoms with E-state index in [4.69, 9.17) is 11.6 Å². The summed E-state index contributed by atoms with van der Waals surface area (Å²) in [6, 6.07) is 8.22. The molecule has 2 aromatic rings. The Labute approximate surface area is 158 Å². The van der Waals surface area contributed by atoms with Crippen LogP contribution < -0.4 is 10.6 Å². The molecule has 134 valence electrons. The van der Waals surface area contributed by atoms with Crippen molar-refractivity contribution >= 4 is 28.9 Å². The number of aliphatic imine (C=N–C) groups is 1. The van der Waals surface area contributed by atoms with Gasteiger partial charge in [-0.1, -0.05) is 23.7 Å². The van der Waals surface area contributed by atoms with Crippen molar-refractivity contribution < 1.29 is 0 Å². The van der Waals surface area contributed by atoms with Gasteiger partial charge >= 0.3 is 0 Å². The fourth-order valence-electron chi connectivity index (χ4n) is 3.11. The van der Waals surface area contributed by atoms with Gasteiger partial charge in [0.2, 0.25) is 0 Å². The van der Waals surface area contributed by atoms with E-state index in [1.165, 1.54) is 23.3 Å². The number of nitrogens with zero attached hydrogens (tertiary/aromatic N) is 2. The van der Waals surface area contributed by atoms with Crippen molar-refractivity contribution in [3.8, 4) is 0 Å². The first kappa shape index (κ1) is 18.2. The second kappa shape index (κ2) is 7.75. The van der Waals surface area contributed by atoms with Crippen molar-refractivity contribution in [3.63, 3.8) is 0 Å². The van der Waals surface area contributed by atoms with Crippen LogP contribution in [-0.2, 0) is 11.8 Å². The van der Waals surface area contributed by atoms with Gasteiger partial charge < -0.3 is 10.6 Å². The molecule has 0 unspecified atom stereocenters. The van der Waals surface area contributed by atoms with Crippen LogP contribution in [0.5, 0.6) is 0 Å². The summed E-state index contributed by atoms with van der Waals surface area (Å²) in [6.45, 7) is 5.87. The average molecular weight is 377 g/mol. The third-order valence-electron chi connectivity index (χ3n) is 4.75. The van der Waals surface area contributed by atoms with E-state index in [-0.39, 0.29) is 5.41 Å². The Hall–Kier alpha value is -1.59. The van der Waals surface area contributed by atoms with Crippen molar-refractivity contribution in [2.24, 2.45) is 4.99 Å². The lowest BCUT2D eigenvalue weighted by atomic mass is 9.96. The molecule has 1 aromatic carbocycles. The van der Waals surface area contributed by atoms with Crippen LogP contribution in [0, 0.1) is 13.8 Å². The predicted octanol–water partition coefficient (Wildman–Crippen LogP) is 3.85. The molecular formula is C19H25ClN4S. The molecule has 2 N–H and O–H groups in total. The van der Waals surface area contributed by atoms with Crippen LogP contribution in [0.15, 0.2) is 29.3 Å². The number of rotatable bonds is 6. The Bertz CT molecular complexity index is 765. The first-order chi connectivity index (χ1) is 12.0. The molecule has 0 atom stereocenters. The summed E-state index contributed by atoms with van der Waals surface area (Å²) in [6.07, 6.45) is 3.35. The smallest absolute Gasteiger partial charge is 0.191 e. The SMILES string of the molecule is CN=C(NCCc1sc(C)nc1C)NCC1(c2cccc(Cl)c2)CC1. The highest BCUT2D eigenvalue weighted by Gasteiger charge is 2.44. The van der Waals surface area contributed by atoms with Gasteiger partial charge in [-0.25, -0.2) is 4.98 Å². The second-order valence-electron chi connectivity index (χ2n) is 6.63. The molecule has 6 heteroatoms. The number of hydrogen-bond donors (Lipinski definition) is 2. The monoisotopic (exact) mass is 376 g/mol. The molecule has 0 bridgehead atoms. The van der Waals surface area contributed by atoms with Gasteiger partial charge in [-0.2, -0.15) is 0 Å². The maximum atomic E-state index is 6.15. The van der Waals surface area contributed by atoms with E-state index in [0.29, 0.717) is 0 Å². The highest BCUT2D eigenvalue weighted by atomic mass is 35.5. The summed E-state index contributed by atoms with van der Waals surface area (Å²) < 4.78 is 0. The van der Waals surface area contributed by atoms with Crippen LogP contribution in [0.1, 0.15) is 34.0 Å². The van der Waals surface area contributed by atoms with Gasteiger partial charge in [0.15, 0.2) is 5.96 Å². The Kier molecular flexibility index (Phi) is 5.64. The number of benzene rings is 1. The first-order valence-corrected chi connectivity index (χ1v) is 9.85. The molecule has 0 amide bonds. The normalized spacial score (nSPS) is 15.9. The second-order valence-corrected chi connectivity index (χ2v) is 8.36. The molecule has 0 saturated heterocycles. The van der Waals surface area contributed by atoms with Crippen molar-refractivity contribution in [1.82, 2.24) is 15.6 Å². The van der Waals surface area contributed by atoms with Crippen LogP contribution in [0.25, 0.3) is 0 Å². The van der Waals surface area contributed by atoms with Crippen molar-refractivity contribution in [2.45, 2.75) is 38.5 Å². The third kappa shape index (κ3) is 4.53. The largest absolute Gasteiger partial charge is 0.356 e. The zero-order chi connectivity index (χ0) is 17.9. The number of thiazole rings is 1. The first-order valence-electron chi connectivity index (χ1n) is 8.66.